The quantitative estimate of drug-likeness (QED) is 0.0860. The van der Waals surface area contributed by atoms with Crippen molar-refractivity contribution in [3.8, 4) is 0 Å². The normalized spacial score (nSPS) is 12.7. The molecule has 1 aromatic carbocycles. The van der Waals surface area contributed by atoms with E-state index in [2.05, 4.69) is 6.92 Å². The SMILES string of the molecule is CCCCCCCCCC(CCc1cc(F)c(F)c(F)c1F)OC(OCC)OCC. The second kappa shape index (κ2) is 15.6. The van der Waals surface area contributed by atoms with Gasteiger partial charge in [-0.1, -0.05) is 51.9 Å². The highest BCUT2D eigenvalue weighted by molar-refractivity contribution is 5.22. The molecule has 0 spiro atoms. The maximum atomic E-state index is 14.0. The van der Waals surface area contributed by atoms with Crippen LogP contribution in [0.2, 0.25) is 0 Å². The number of ether oxygens (including phenoxy) is 3. The van der Waals surface area contributed by atoms with E-state index in [9.17, 15) is 17.6 Å². The van der Waals surface area contributed by atoms with Crippen molar-refractivity contribution < 1.29 is 31.8 Å². The van der Waals surface area contributed by atoms with Crippen molar-refractivity contribution in [2.45, 2.75) is 97.6 Å². The maximum absolute atomic E-state index is 14.0. The van der Waals surface area contributed by atoms with Gasteiger partial charge in [0.2, 0.25) is 0 Å². The minimum Gasteiger partial charge on any atom is -0.330 e. The van der Waals surface area contributed by atoms with E-state index in [1.165, 1.54) is 25.7 Å². The summed E-state index contributed by atoms with van der Waals surface area (Å²) in [5, 5.41) is 0. The average molecular weight is 437 g/mol. The Morgan fingerprint density at radius 1 is 0.733 bits per heavy atom. The first kappa shape index (κ1) is 26.9. The van der Waals surface area contributed by atoms with E-state index in [0.29, 0.717) is 32.1 Å². The third-order valence-electron chi connectivity index (χ3n) is 4.95. The summed E-state index contributed by atoms with van der Waals surface area (Å²) in [7, 11) is 0. The molecule has 0 aliphatic carbocycles. The van der Waals surface area contributed by atoms with E-state index in [-0.39, 0.29) is 18.1 Å². The Morgan fingerprint density at radius 2 is 1.33 bits per heavy atom. The minimum atomic E-state index is -1.79. The molecule has 0 N–H and O–H groups in total. The molecule has 0 amide bonds. The predicted octanol–water partition coefficient (Wildman–Crippen LogP) is 7.06. The van der Waals surface area contributed by atoms with Crippen LogP contribution in [0.4, 0.5) is 17.6 Å². The van der Waals surface area contributed by atoms with Crippen molar-refractivity contribution in [2.75, 3.05) is 13.2 Å². The molecule has 0 heterocycles. The van der Waals surface area contributed by atoms with Gasteiger partial charge in [0.05, 0.1) is 6.10 Å². The topological polar surface area (TPSA) is 27.7 Å². The van der Waals surface area contributed by atoms with Gasteiger partial charge in [0.25, 0.3) is 6.48 Å². The number of hydrogen-bond donors (Lipinski definition) is 0. The number of benzene rings is 1. The first-order chi connectivity index (χ1) is 14.4. The summed E-state index contributed by atoms with van der Waals surface area (Å²) in [6, 6.07) is 0.709. The van der Waals surface area contributed by atoms with Crippen molar-refractivity contribution in [2.24, 2.45) is 0 Å². The van der Waals surface area contributed by atoms with Gasteiger partial charge >= 0.3 is 0 Å². The second-order valence-electron chi connectivity index (χ2n) is 7.37. The number of hydrogen-bond acceptors (Lipinski definition) is 3. The summed E-state index contributed by atoms with van der Waals surface area (Å²) in [4.78, 5) is 0. The van der Waals surface area contributed by atoms with E-state index in [0.717, 1.165) is 19.3 Å². The lowest BCUT2D eigenvalue weighted by molar-refractivity contribution is -0.302. The zero-order valence-electron chi connectivity index (χ0n) is 18.5. The molecule has 7 heteroatoms. The van der Waals surface area contributed by atoms with Crippen molar-refractivity contribution in [1.82, 2.24) is 0 Å². The fourth-order valence-corrected chi connectivity index (χ4v) is 3.29. The molecule has 1 atom stereocenters. The number of rotatable bonds is 17. The Bertz CT molecular complexity index is 592. The van der Waals surface area contributed by atoms with Crippen LogP contribution < -0.4 is 0 Å². The molecular weight excluding hydrogens is 400 g/mol. The van der Waals surface area contributed by atoms with Gasteiger partial charge in [0.15, 0.2) is 23.3 Å². The Hall–Kier alpha value is -1.18. The third-order valence-corrected chi connectivity index (χ3v) is 4.95. The lowest BCUT2D eigenvalue weighted by atomic mass is 10.0. The van der Waals surface area contributed by atoms with E-state index < -0.39 is 29.7 Å². The van der Waals surface area contributed by atoms with Crippen LogP contribution in [0.25, 0.3) is 0 Å². The smallest absolute Gasteiger partial charge is 0.271 e. The summed E-state index contributed by atoms with van der Waals surface area (Å²) < 4.78 is 70.9. The standard InChI is InChI=1S/C23H36F4O3/c1-4-7-8-9-10-11-12-13-18(30-23(28-5-2)29-6-3)15-14-17-16-19(24)21(26)22(27)20(17)25/h16,18,23H,4-15H2,1-3H3. The Kier molecular flexibility index (Phi) is 14.0. The molecule has 0 saturated heterocycles. The first-order valence-corrected chi connectivity index (χ1v) is 11.1. The summed E-state index contributed by atoms with van der Waals surface area (Å²) >= 11 is 0. The fraction of sp³-hybridized carbons (Fsp3) is 0.739. The van der Waals surface area contributed by atoms with Crippen LogP contribution in [-0.4, -0.2) is 25.8 Å². The molecule has 0 aromatic heterocycles. The molecule has 174 valence electrons. The third kappa shape index (κ3) is 9.75. The second-order valence-corrected chi connectivity index (χ2v) is 7.37. The highest BCUT2D eigenvalue weighted by Gasteiger charge is 2.21. The summed E-state index contributed by atoms with van der Waals surface area (Å²) in [5.41, 5.74) is -0.205. The average Bonchev–Trinajstić information content (AvgIpc) is 2.73. The molecule has 3 nitrogen and oxygen atoms in total. The maximum Gasteiger partial charge on any atom is 0.271 e. The molecule has 1 rings (SSSR count). The van der Waals surface area contributed by atoms with Crippen LogP contribution in [0, 0.1) is 23.3 Å². The van der Waals surface area contributed by atoms with Gasteiger partial charge in [-0.2, -0.15) is 0 Å². The highest BCUT2D eigenvalue weighted by Crippen LogP contribution is 2.23. The van der Waals surface area contributed by atoms with Crippen LogP contribution in [-0.2, 0) is 20.6 Å². The van der Waals surface area contributed by atoms with Gasteiger partial charge < -0.3 is 14.2 Å². The van der Waals surface area contributed by atoms with Gasteiger partial charge in [0, 0.05) is 13.2 Å². The van der Waals surface area contributed by atoms with Crippen molar-refractivity contribution in [3.05, 3.63) is 34.9 Å². The summed E-state index contributed by atoms with van der Waals surface area (Å²) in [5.74, 6) is -6.32. The fourth-order valence-electron chi connectivity index (χ4n) is 3.29. The van der Waals surface area contributed by atoms with Crippen LogP contribution in [0.15, 0.2) is 6.07 Å². The van der Waals surface area contributed by atoms with Crippen molar-refractivity contribution >= 4 is 0 Å². The molecule has 30 heavy (non-hydrogen) atoms. The Balaban J connectivity index is 2.67. The number of unbranched alkanes of at least 4 members (excludes halogenated alkanes) is 6. The minimum absolute atomic E-state index is 0.0199. The largest absolute Gasteiger partial charge is 0.330 e. The van der Waals surface area contributed by atoms with E-state index in [1.54, 1.807) is 0 Å². The number of aryl methyl sites for hydroxylation is 1. The van der Waals surface area contributed by atoms with Crippen molar-refractivity contribution in [3.63, 3.8) is 0 Å². The van der Waals surface area contributed by atoms with Gasteiger partial charge in [-0.25, -0.2) is 17.6 Å². The molecule has 0 fully saturated rings. The van der Waals surface area contributed by atoms with Gasteiger partial charge in [0.1, 0.15) is 0 Å². The Labute approximate surface area is 178 Å². The zero-order valence-corrected chi connectivity index (χ0v) is 18.5. The Morgan fingerprint density at radius 3 is 1.93 bits per heavy atom. The first-order valence-electron chi connectivity index (χ1n) is 11.1. The monoisotopic (exact) mass is 436 g/mol. The molecule has 0 aliphatic heterocycles. The van der Waals surface area contributed by atoms with E-state index in [4.69, 9.17) is 14.2 Å². The summed E-state index contributed by atoms with van der Waals surface area (Å²) in [6.07, 6.45) is 8.66. The van der Waals surface area contributed by atoms with Crippen LogP contribution in [0.3, 0.4) is 0 Å². The lowest BCUT2D eigenvalue weighted by Gasteiger charge is -2.24. The van der Waals surface area contributed by atoms with E-state index >= 15 is 0 Å². The predicted molar refractivity (Wildman–Crippen MR) is 109 cm³/mol. The van der Waals surface area contributed by atoms with Gasteiger partial charge in [-0.3, -0.25) is 0 Å². The van der Waals surface area contributed by atoms with Gasteiger partial charge in [-0.05, 0) is 44.7 Å². The van der Waals surface area contributed by atoms with Gasteiger partial charge in [-0.15, -0.1) is 0 Å². The molecule has 1 unspecified atom stereocenters. The highest BCUT2D eigenvalue weighted by atomic mass is 19.2. The zero-order chi connectivity index (χ0) is 22.4. The lowest BCUT2D eigenvalue weighted by Crippen LogP contribution is -2.28. The van der Waals surface area contributed by atoms with Crippen LogP contribution in [0.5, 0.6) is 0 Å². The molecule has 0 radical (unpaired) electrons. The summed E-state index contributed by atoms with van der Waals surface area (Å²) in [6.45, 7) is 5.77. The molecule has 1 aromatic rings. The molecular formula is C23H36F4O3. The van der Waals surface area contributed by atoms with Crippen LogP contribution in [0.1, 0.15) is 84.1 Å². The van der Waals surface area contributed by atoms with E-state index in [1.807, 2.05) is 13.8 Å². The van der Waals surface area contributed by atoms with Crippen LogP contribution >= 0.6 is 0 Å². The molecule has 0 saturated carbocycles. The molecule has 0 bridgehead atoms. The number of halogens is 4. The molecule has 0 aliphatic rings. The van der Waals surface area contributed by atoms with Crippen molar-refractivity contribution in [1.29, 1.82) is 0 Å².